The van der Waals surface area contributed by atoms with Gasteiger partial charge in [-0.15, -0.1) is 0 Å². The first-order valence-electron chi connectivity index (χ1n) is 16.4. The predicted molar refractivity (Wildman–Crippen MR) is 174 cm³/mol. The summed E-state index contributed by atoms with van der Waals surface area (Å²) in [6.45, 7) is 4.85. The maximum atomic E-state index is 14.0. The molecular formula is C38H36N4O4. The van der Waals surface area contributed by atoms with Crippen molar-refractivity contribution in [2.45, 2.75) is 50.9 Å². The lowest BCUT2D eigenvalue weighted by Gasteiger charge is -2.41. The van der Waals surface area contributed by atoms with Crippen molar-refractivity contribution in [2.75, 3.05) is 26.2 Å². The fourth-order valence-electron chi connectivity index (χ4n) is 7.93. The Kier molecular flexibility index (Phi) is 7.26. The van der Waals surface area contributed by atoms with Crippen molar-refractivity contribution in [3.05, 3.63) is 118 Å². The zero-order valence-electron chi connectivity index (χ0n) is 25.7. The highest BCUT2D eigenvalue weighted by Crippen LogP contribution is 2.40. The minimum Gasteiger partial charge on any atom is -0.299 e. The van der Waals surface area contributed by atoms with Gasteiger partial charge in [0, 0.05) is 84.4 Å². The molecule has 0 atom stereocenters. The number of amides is 4. The second kappa shape index (κ2) is 11.6. The van der Waals surface area contributed by atoms with Crippen LogP contribution in [-0.2, 0) is 13.1 Å². The summed E-state index contributed by atoms with van der Waals surface area (Å²) in [7, 11) is 0. The van der Waals surface area contributed by atoms with Gasteiger partial charge in [0.05, 0.1) is 0 Å². The van der Waals surface area contributed by atoms with Gasteiger partial charge in [-0.25, -0.2) is 0 Å². The van der Waals surface area contributed by atoms with Gasteiger partial charge in [0.25, 0.3) is 23.6 Å². The van der Waals surface area contributed by atoms with Gasteiger partial charge in [0.15, 0.2) is 0 Å². The second-order valence-electron chi connectivity index (χ2n) is 13.0. The highest BCUT2D eigenvalue weighted by molar-refractivity contribution is 6.33. The monoisotopic (exact) mass is 612 g/mol. The maximum Gasteiger partial charge on any atom is 0.261 e. The summed E-state index contributed by atoms with van der Waals surface area (Å²) in [5, 5.41) is 0.892. The van der Waals surface area contributed by atoms with Gasteiger partial charge in [-0.3, -0.25) is 38.8 Å². The Morgan fingerprint density at radius 2 is 0.739 bits per heavy atom. The van der Waals surface area contributed by atoms with Crippen molar-refractivity contribution in [1.29, 1.82) is 0 Å². The molecule has 4 aliphatic rings. The molecule has 8 heteroatoms. The van der Waals surface area contributed by atoms with Crippen molar-refractivity contribution in [1.82, 2.24) is 19.6 Å². The molecule has 0 radical (unpaired) electrons. The van der Waals surface area contributed by atoms with Crippen LogP contribution in [0.15, 0.2) is 84.9 Å². The SMILES string of the molecule is O=C1c2ccc3c4c(ccc(c24)C(=O)N1C1CCN(Cc2ccccc2)CC1)C(=O)N(C1CCN(Cc2ccccc2)CC1)C3=O. The summed E-state index contributed by atoms with van der Waals surface area (Å²) in [6.07, 6.45) is 2.81. The van der Waals surface area contributed by atoms with Gasteiger partial charge in [-0.05, 0) is 61.1 Å². The highest BCUT2D eigenvalue weighted by atomic mass is 16.2. The number of nitrogens with zero attached hydrogens (tertiary/aromatic N) is 4. The minimum absolute atomic E-state index is 0.200. The number of carbonyl (C=O) groups excluding carboxylic acids is 4. The number of likely N-dealkylation sites (tertiary alicyclic amines) is 2. The van der Waals surface area contributed by atoms with E-state index in [0.29, 0.717) is 58.7 Å². The second-order valence-corrected chi connectivity index (χ2v) is 13.0. The lowest BCUT2D eigenvalue weighted by molar-refractivity contribution is 0.0432. The normalized spacial score (nSPS) is 19.8. The molecule has 8 nitrogen and oxygen atoms in total. The molecule has 2 fully saturated rings. The predicted octanol–water partition coefficient (Wildman–Crippen LogP) is 5.36. The molecule has 4 heterocycles. The lowest BCUT2D eigenvalue weighted by atomic mass is 9.84. The van der Waals surface area contributed by atoms with E-state index in [1.165, 1.54) is 20.9 Å². The zero-order valence-corrected chi connectivity index (χ0v) is 25.7. The van der Waals surface area contributed by atoms with Gasteiger partial charge < -0.3 is 0 Å². The summed E-state index contributed by atoms with van der Waals surface area (Å²) in [6, 6.07) is 27.0. The molecule has 4 aromatic carbocycles. The fraction of sp³-hybridized carbons (Fsp3) is 0.316. The molecule has 0 N–H and O–H groups in total. The first kappa shape index (κ1) is 28.8. The molecule has 8 rings (SSSR count). The summed E-state index contributed by atoms with van der Waals surface area (Å²) in [5.41, 5.74) is 4.07. The molecule has 0 aromatic heterocycles. The van der Waals surface area contributed by atoms with Gasteiger partial charge in [0.2, 0.25) is 0 Å². The van der Waals surface area contributed by atoms with Crippen molar-refractivity contribution in [2.24, 2.45) is 0 Å². The molecule has 4 aliphatic heterocycles. The maximum absolute atomic E-state index is 14.0. The summed E-state index contributed by atoms with van der Waals surface area (Å²) in [4.78, 5) is 63.4. The molecule has 46 heavy (non-hydrogen) atoms. The minimum atomic E-state index is -0.337. The summed E-state index contributed by atoms with van der Waals surface area (Å²) < 4.78 is 0. The average molecular weight is 613 g/mol. The van der Waals surface area contributed by atoms with Gasteiger partial charge >= 0.3 is 0 Å². The summed E-state index contributed by atoms with van der Waals surface area (Å²) in [5.74, 6) is -1.35. The zero-order chi connectivity index (χ0) is 31.4. The molecular weight excluding hydrogens is 576 g/mol. The van der Waals surface area contributed by atoms with Crippen LogP contribution in [0, 0.1) is 0 Å². The standard InChI is InChI=1S/C38H36N4O4/c43-35-29-11-13-31-34-32(38(46)42(37(31)45)28-17-21-40(22-18-28)24-26-9-5-2-6-10-26)14-12-30(33(29)34)36(44)41(35)27-15-19-39(20-16-27)23-25-7-3-1-4-8-25/h1-14,27-28H,15-24H2. The number of carbonyl (C=O) groups is 4. The number of imide groups is 2. The van der Waals surface area contributed by atoms with E-state index in [9.17, 15) is 19.2 Å². The van der Waals surface area contributed by atoms with Crippen LogP contribution < -0.4 is 0 Å². The topological polar surface area (TPSA) is 81.2 Å². The van der Waals surface area contributed by atoms with Crippen LogP contribution in [0.2, 0.25) is 0 Å². The molecule has 4 amide bonds. The Bertz CT molecular complexity index is 1650. The Morgan fingerprint density at radius 1 is 0.435 bits per heavy atom. The van der Waals surface area contributed by atoms with Gasteiger partial charge in [-0.2, -0.15) is 0 Å². The lowest BCUT2D eigenvalue weighted by Crippen LogP contribution is -2.52. The Hall–Kier alpha value is -4.66. The molecule has 0 unspecified atom stereocenters. The van der Waals surface area contributed by atoms with Crippen LogP contribution in [0.5, 0.6) is 0 Å². The number of rotatable bonds is 6. The van der Waals surface area contributed by atoms with Crippen molar-refractivity contribution in [3.63, 3.8) is 0 Å². The van der Waals surface area contributed by atoms with E-state index in [0.717, 1.165) is 39.3 Å². The van der Waals surface area contributed by atoms with Crippen LogP contribution in [0.4, 0.5) is 0 Å². The van der Waals surface area contributed by atoms with Crippen LogP contribution in [0.3, 0.4) is 0 Å². The number of benzene rings is 4. The van der Waals surface area contributed by atoms with Crippen LogP contribution in [-0.4, -0.2) is 81.5 Å². The Morgan fingerprint density at radius 3 is 1.04 bits per heavy atom. The number of hydrogen-bond donors (Lipinski definition) is 0. The molecule has 232 valence electrons. The van der Waals surface area contributed by atoms with Gasteiger partial charge in [-0.1, -0.05) is 60.7 Å². The molecule has 4 aromatic rings. The fourth-order valence-corrected chi connectivity index (χ4v) is 7.93. The van der Waals surface area contributed by atoms with Crippen molar-refractivity contribution in [3.8, 4) is 0 Å². The Labute approximate surface area is 268 Å². The molecule has 0 spiro atoms. The van der Waals surface area contributed by atoms with E-state index in [2.05, 4.69) is 34.1 Å². The van der Waals surface area contributed by atoms with E-state index in [-0.39, 0.29) is 35.7 Å². The van der Waals surface area contributed by atoms with E-state index in [1.807, 2.05) is 36.4 Å². The van der Waals surface area contributed by atoms with Crippen LogP contribution >= 0.6 is 0 Å². The molecule has 0 bridgehead atoms. The van der Waals surface area contributed by atoms with E-state index >= 15 is 0 Å². The number of hydrogen-bond acceptors (Lipinski definition) is 6. The Balaban J connectivity index is 1.02. The van der Waals surface area contributed by atoms with Crippen molar-refractivity contribution >= 4 is 34.4 Å². The molecule has 0 aliphatic carbocycles. The van der Waals surface area contributed by atoms with E-state index in [4.69, 9.17) is 0 Å². The largest absolute Gasteiger partial charge is 0.299 e. The third-order valence-corrected chi connectivity index (χ3v) is 10.3. The van der Waals surface area contributed by atoms with E-state index < -0.39 is 0 Å². The van der Waals surface area contributed by atoms with Gasteiger partial charge in [0.1, 0.15) is 0 Å². The van der Waals surface area contributed by atoms with Crippen LogP contribution in [0.1, 0.15) is 78.2 Å². The smallest absolute Gasteiger partial charge is 0.261 e. The summed E-state index contributed by atoms with van der Waals surface area (Å²) >= 11 is 0. The third kappa shape index (κ3) is 4.84. The quantitative estimate of drug-likeness (QED) is 0.273. The third-order valence-electron chi connectivity index (χ3n) is 10.3. The average Bonchev–Trinajstić information content (AvgIpc) is 3.09. The molecule has 2 saturated heterocycles. The first-order chi connectivity index (χ1) is 22.5. The molecule has 0 saturated carbocycles. The van der Waals surface area contributed by atoms with E-state index in [1.54, 1.807) is 24.3 Å². The first-order valence-corrected chi connectivity index (χ1v) is 16.4. The number of piperidine rings is 2. The van der Waals surface area contributed by atoms with Crippen LogP contribution in [0.25, 0.3) is 10.8 Å². The highest BCUT2D eigenvalue weighted by Gasteiger charge is 2.44. The van der Waals surface area contributed by atoms with Crippen molar-refractivity contribution < 1.29 is 19.2 Å².